The van der Waals surface area contributed by atoms with Crippen LogP contribution in [0.4, 0.5) is 0 Å². The fourth-order valence-electron chi connectivity index (χ4n) is 5.66. The van der Waals surface area contributed by atoms with Gasteiger partial charge in [0.05, 0.1) is 20.8 Å². The number of rotatable bonds is 14. The third kappa shape index (κ3) is 10.1. The quantitative estimate of drug-likeness (QED) is 0.141. The van der Waals surface area contributed by atoms with Crippen LogP contribution in [0.5, 0.6) is 17.2 Å². The van der Waals surface area contributed by atoms with Crippen molar-refractivity contribution in [1.29, 1.82) is 0 Å². The second kappa shape index (κ2) is 18.4. The summed E-state index contributed by atoms with van der Waals surface area (Å²) in [6.45, 7) is 2.56. The van der Waals surface area contributed by atoms with Crippen molar-refractivity contribution in [3.63, 3.8) is 0 Å². The monoisotopic (exact) mass is 745 g/mol. The predicted molar refractivity (Wildman–Crippen MR) is 190 cm³/mol. The van der Waals surface area contributed by atoms with Gasteiger partial charge in [-0.2, -0.15) is 0 Å². The molecule has 14 heteroatoms. The number of carbonyl (C=O) groups excluding carboxylic acids is 2. The maximum atomic E-state index is 13.6. The van der Waals surface area contributed by atoms with Crippen LogP contribution < -0.4 is 19.8 Å². The lowest BCUT2D eigenvalue weighted by atomic mass is 9.98. The molecule has 0 aliphatic carbocycles. The van der Waals surface area contributed by atoms with Crippen LogP contribution in [0.15, 0.2) is 67.0 Å². The number of hydrogen-bond donors (Lipinski definition) is 2. The predicted octanol–water partition coefficient (Wildman–Crippen LogP) is 6.27. The lowest BCUT2D eigenvalue weighted by Crippen LogP contribution is -2.34. The summed E-state index contributed by atoms with van der Waals surface area (Å²) in [7, 11) is 5.17. The second-order valence-corrected chi connectivity index (χ2v) is 13.9. The standard InChI is InChI=1S/C36H39Cl2N3O7S.H2O/c1-41-13-11-22(12-14-41)21-47-36(44)34(24-5-4-6-25(42)15-24)40-18-26-8-10-33(49-26)35(43)48-31(17-27-28(37)19-39-20-29(27)38)23-7-9-30(45-2)32(16-23)46-3;/h4-10,15-16,19-20,22,31,34,40,42H,11-14,17-18,21H2,1-3H3;1H2/t31-,34?;/m0./s1. The molecule has 0 bridgehead atoms. The van der Waals surface area contributed by atoms with Crippen LogP contribution in [0, 0.1) is 5.92 Å². The summed E-state index contributed by atoms with van der Waals surface area (Å²) in [5, 5.41) is 14.2. The molecule has 268 valence electrons. The molecule has 4 N–H and O–H groups in total. The zero-order valence-electron chi connectivity index (χ0n) is 28.0. The highest BCUT2D eigenvalue weighted by atomic mass is 35.5. The van der Waals surface area contributed by atoms with Crippen LogP contribution in [0.2, 0.25) is 10.0 Å². The number of methoxy groups -OCH3 is 2. The molecule has 2 atom stereocenters. The van der Waals surface area contributed by atoms with Crippen molar-refractivity contribution in [3.05, 3.63) is 103 Å². The van der Waals surface area contributed by atoms with E-state index in [4.69, 9.17) is 42.1 Å². The number of carbonyl (C=O) groups is 2. The number of halogens is 2. The van der Waals surface area contributed by atoms with Crippen molar-refractivity contribution in [2.45, 2.75) is 38.0 Å². The minimum absolute atomic E-state index is 0. The lowest BCUT2D eigenvalue weighted by molar-refractivity contribution is -0.377. The van der Waals surface area contributed by atoms with Crippen LogP contribution in [0.25, 0.3) is 0 Å². The van der Waals surface area contributed by atoms with E-state index in [0.717, 1.165) is 30.8 Å². The number of phenols is 1. The Morgan fingerprint density at radius 2 is 1.72 bits per heavy atom. The topological polar surface area (TPSA) is 151 Å². The molecule has 50 heavy (non-hydrogen) atoms. The number of pyridine rings is 1. The minimum Gasteiger partial charge on any atom is -0.870 e. The third-order valence-electron chi connectivity index (χ3n) is 8.50. The minimum atomic E-state index is -0.817. The lowest BCUT2D eigenvalue weighted by Gasteiger charge is -2.29. The molecule has 2 aromatic heterocycles. The molecular weight excluding hydrogens is 705 g/mol. The Morgan fingerprint density at radius 3 is 2.40 bits per heavy atom. The number of hydrogen-bond acceptors (Lipinski definition) is 11. The van der Waals surface area contributed by atoms with Gasteiger partial charge < -0.3 is 34.4 Å². The van der Waals surface area contributed by atoms with Crippen LogP contribution in [-0.2, 0) is 27.2 Å². The molecule has 1 aliphatic rings. The van der Waals surface area contributed by atoms with Crippen molar-refractivity contribution in [2.24, 2.45) is 5.92 Å². The number of nitrogens with one attached hydrogen (secondary N) is 2. The molecule has 3 heterocycles. The average molecular weight is 747 g/mol. The summed E-state index contributed by atoms with van der Waals surface area (Å²) in [6, 6.07) is 14.5. The van der Waals surface area contributed by atoms with Crippen LogP contribution >= 0.6 is 34.5 Å². The first-order valence-electron chi connectivity index (χ1n) is 15.9. The van der Waals surface area contributed by atoms with Crippen LogP contribution in [-0.4, -0.2) is 68.4 Å². The van der Waals surface area contributed by atoms with Crippen LogP contribution in [0.1, 0.15) is 56.2 Å². The molecule has 0 spiro atoms. The highest BCUT2D eigenvalue weighted by molar-refractivity contribution is 7.13. The molecule has 1 fully saturated rings. The van der Waals surface area contributed by atoms with Gasteiger partial charge in [0.1, 0.15) is 32.8 Å². The molecule has 0 radical (unpaired) electrons. The number of benzene rings is 2. The molecule has 1 saturated heterocycles. The smallest absolute Gasteiger partial charge is 0.348 e. The van der Waals surface area contributed by atoms with Gasteiger partial charge in [0.25, 0.3) is 0 Å². The number of ether oxygens (including phenoxy) is 4. The average Bonchev–Trinajstić information content (AvgIpc) is 3.58. The van der Waals surface area contributed by atoms with Crippen molar-refractivity contribution in [1.82, 2.24) is 10.2 Å². The summed E-state index contributed by atoms with van der Waals surface area (Å²) in [5.41, 5.74) is 1.86. The molecule has 2 aromatic carbocycles. The number of aromatic hydroxyl groups is 1. The van der Waals surface area contributed by atoms with Gasteiger partial charge in [-0.05, 0) is 86.4 Å². The van der Waals surface area contributed by atoms with E-state index in [-0.39, 0.29) is 24.2 Å². The molecule has 0 amide bonds. The van der Waals surface area contributed by atoms with E-state index in [2.05, 4.69) is 22.2 Å². The van der Waals surface area contributed by atoms with Gasteiger partial charge in [0, 0.05) is 23.4 Å². The highest BCUT2D eigenvalue weighted by Gasteiger charge is 2.27. The van der Waals surface area contributed by atoms with Gasteiger partial charge in [0.15, 0.2) is 23.9 Å². The van der Waals surface area contributed by atoms with E-state index >= 15 is 0 Å². The number of aromatic nitrogens is 1. The van der Waals surface area contributed by atoms with Crippen molar-refractivity contribution in [3.8, 4) is 17.2 Å². The van der Waals surface area contributed by atoms with E-state index in [1.807, 2.05) is 6.07 Å². The fourth-order valence-corrected chi connectivity index (χ4v) is 7.04. The Kier molecular flexibility index (Phi) is 14.3. The SMILES string of the molecule is COc1ccc([C@H](Cc2c(Cl)c[nH+]cc2Cl)OC(=O)c2ccc(CNC(C(=O)OCC3CCN(C)CC3)c3cccc(O)c3)s2)cc1OC.[OH-]. The van der Waals surface area contributed by atoms with Gasteiger partial charge >= 0.3 is 11.9 Å². The Morgan fingerprint density at radius 1 is 1.00 bits per heavy atom. The molecule has 0 saturated carbocycles. The number of phenolic OH excluding ortho intramolecular Hbond substituents is 1. The van der Waals surface area contributed by atoms with Crippen molar-refractivity contribution < 1.29 is 44.1 Å². The number of thiophene rings is 1. The first kappa shape index (κ1) is 38.9. The Bertz CT molecular complexity index is 1730. The van der Waals surface area contributed by atoms with Gasteiger partial charge in [-0.25, -0.2) is 14.6 Å². The van der Waals surface area contributed by atoms with Gasteiger partial charge in [-0.3, -0.25) is 5.32 Å². The van der Waals surface area contributed by atoms with E-state index < -0.39 is 24.1 Å². The number of esters is 2. The van der Waals surface area contributed by atoms with Crippen molar-refractivity contribution >= 4 is 46.5 Å². The number of nitrogens with zero attached hydrogens (tertiary/aromatic N) is 1. The van der Waals surface area contributed by atoms with E-state index in [9.17, 15) is 14.7 Å². The molecule has 11 nitrogen and oxygen atoms in total. The Hall–Kier alpha value is -3.91. The normalized spacial score (nSPS) is 14.7. The first-order chi connectivity index (χ1) is 23.6. The largest absolute Gasteiger partial charge is 0.870 e. The fraction of sp³-hybridized carbons (Fsp3) is 0.361. The summed E-state index contributed by atoms with van der Waals surface area (Å²) >= 11 is 14.2. The summed E-state index contributed by atoms with van der Waals surface area (Å²) < 4.78 is 22.7. The molecule has 4 aromatic rings. The summed E-state index contributed by atoms with van der Waals surface area (Å²) in [4.78, 5) is 33.3. The van der Waals surface area contributed by atoms with Gasteiger partial charge in [-0.15, -0.1) is 11.3 Å². The van der Waals surface area contributed by atoms with E-state index in [1.54, 1.807) is 68.0 Å². The summed E-state index contributed by atoms with van der Waals surface area (Å²) in [6.07, 6.45) is 4.62. The van der Waals surface area contributed by atoms with E-state index in [1.165, 1.54) is 18.4 Å². The van der Waals surface area contributed by atoms with Gasteiger partial charge in [-0.1, -0.05) is 41.4 Å². The number of piperidine rings is 1. The zero-order chi connectivity index (χ0) is 34.9. The van der Waals surface area contributed by atoms with Crippen molar-refractivity contribution in [2.75, 3.05) is 41.0 Å². The third-order valence-corrected chi connectivity index (χ3v) is 10.2. The highest BCUT2D eigenvalue weighted by Crippen LogP contribution is 2.36. The number of H-pyrrole nitrogens is 1. The molecule has 5 rings (SSSR count). The Balaban J connectivity index is 0.00000562. The van der Waals surface area contributed by atoms with E-state index in [0.29, 0.717) is 55.6 Å². The number of aromatic amines is 1. The van der Waals surface area contributed by atoms with Gasteiger partial charge in [0.2, 0.25) is 0 Å². The Labute approximate surface area is 305 Å². The first-order valence-corrected chi connectivity index (χ1v) is 17.5. The molecule has 1 unspecified atom stereocenters. The zero-order valence-corrected chi connectivity index (χ0v) is 30.3. The maximum Gasteiger partial charge on any atom is 0.348 e. The van der Waals surface area contributed by atoms with Crippen LogP contribution in [0.3, 0.4) is 0 Å². The molecular formula is C36H41Cl2N3O8S. The number of likely N-dealkylation sites (tertiary alicyclic amines) is 1. The molecule has 1 aliphatic heterocycles. The second-order valence-electron chi connectivity index (χ2n) is 11.9. The summed E-state index contributed by atoms with van der Waals surface area (Å²) in [5.74, 6) is 0.420. The maximum absolute atomic E-state index is 13.6.